The van der Waals surface area contributed by atoms with E-state index in [-0.39, 0.29) is 11.6 Å². The number of hydrogen-bond donors (Lipinski definition) is 2. The van der Waals surface area contributed by atoms with Crippen molar-refractivity contribution in [3.05, 3.63) is 65.9 Å². The van der Waals surface area contributed by atoms with Crippen LogP contribution in [0.5, 0.6) is 0 Å². The highest BCUT2D eigenvalue weighted by atomic mass is 32.2. The maximum absolute atomic E-state index is 11.8. The molecule has 3 rings (SSSR count). The number of aromatic amines is 1. The summed E-state index contributed by atoms with van der Waals surface area (Å²) < 4.78 is 5.41. The van der Waals surface area contributed by atoms with E-state index in [4.69, 9.17) is 4.42 Å². The minimum absolute atomic E-state index is 0.0642. The van der Waals surface area contributed by atoms with Crippen LogP contribution < -0.4 is 0 Å². The van der Waals surface area contributed by atoms with Gasteiger partial charge in [-0.1, -0.05) is 29.5 Å². The highest BCUT2D eigenvalue weighted by Gasteiger charge is 2.11. The Kier molecular flexibility index (Phi) is 4.29. The third kappa shape index (κ3) is 3.70. The lowest BCUT2D eigenvalue weighted by molar-refractivity contribution is 0.103. The number of H-pyrrole nitrogens is 1. The Hall–Kier alpha value is -2.80. The topological polar surface area (TPSA) is 92.0 Å². The number of ketones is 1. The fourth-order valence-electron chi connectivity index (χ4n) is 1.83. The van der Waals surface area contributed by atoms with Crippen LogP contribution in [-0.4, -0.2) is 26.1 Å². The number of aryl methyl sites for hydroxylation is 1. The minimum atomic E-state index is -0.464. The maximum atomic E-state index is 11.8. The monoisotopic (exact) mass is 327 g/mol. The van der Waals surface area contributed by atoms with Gasteiger partial charge in [-0.15, -0.1) is 0 Å². The number of nitrogens with one attached hydrogen (secondary N) is 1. The van der Waals surface area contributed by atoms with Crippen molar-refractivity contribution in [1.82, 2.24) is 15.2 Å². The summed E-state index contributed by atoms with van der Waals surface area (Å²) in [6.45, 7) is 2.02. The smallest absolute Gasteiger partial charge is 0.226 e. The number of carbonyl (C=O) groups excluding carboxylic acids is 1. The number of rotatable bonds is 5. The number of aromatic nitrogens is 3. The molecule has 0 aliphatic carbocycles. The van der Waals surface area contributed by atoms with Gasteiger partial charge in [0.15, 0.2) is 10.9 Å². The average Bonchev–Trinajstić information content (AvgIpc) is 3.21. The van der Waals surface area contributed by atoms with Crippen LogP contribution in [-0.2, 0) is 0 Å². The van der Waals surface area contributed by atoms with Gasteiger partial charge in [0.05, 0.1) is 5.56 Å². The number of aliphatic hydroxyl groups is 1. The molecular formula is C16H13N3O3S. The first-order valence-electron chi connectivity index (χ1n) is 6.75. The molecule has 0 amide bonds. The van der Waals surface area contributed by atoms with Gasteiger partial charge >= 0.3 is 0 Å². The summed E-state index contributed by atoms with van der Waals surface area (Å²) in [6, 6.07) is 9.68. The van der Waals surface area contributed by atoms with Crippen molar-refractivity contribution in [1.29, 1.82) is 0 Å². The van der Waals surface area contributed by atoms with Crippen molar-refractivity contribution >= 4 is 23.3 Å². The van der Waals surface area contributed by atoms with Crippen LogP contribution >= 0.6 is 11.8 Å². The third-order valence-electron chi connectivity index (χ3n) is 3.03. The number of nitrogens with zero attached hydrogens (tertiary/aromatic N) is 2. The van der Waals surface area contributed by atoms with Crippen LogP contribution in [0.1, 0.15) is 21.7 Å². The average molecular weight is 327 g/mol. The molecule has 3 aromatic rings. The highest BCUT2D eigenvalue weighted by Crippen LogP contribution is 2.30. The molecule has 116 valence electrons. The van der Waals surface area contributed by atoms with Crippen molar-refractivity contribution in [2.24, 2.45) is 0 Å². The first-order valence-corrected chi connectivity index (χ1v) is 7.57. The van der Waals surface area contributed by atoms with Crippen molar-refractivity contribution in [3.63, 3.8) is 0 Å². The molecule has 0 aliphatic rings. The second-order valence-electron chi connectivity index (χ2n) is 4.80. The number of aliphatic hydroxyl groups excluding tert-OH is 1. The molecule has 2 N–H and O–H groups in total. The zero-order valence-electron chi connectivity index (χ0n) is 12.2. The van der Waals surface area contributed by atoms with Crippen molar-refractivity contribution < 1.29 is 14.3 Å². The third-order valence-corrected chi connectivity index (χ3v) is 3.95. The SMILES string of the molecule is Cc1ccc(Sc2cc(C(O)=CC(=O)c3ncn[nH]3)co2)cc1. The molecule has 7 heteroatoms. The number of allylic oxidation sites excluding steroid dienone is 1. The van der Waals surface area contributed by atoms with Gasteiger partial charge in [-0.2, -0.15) is 5.10 Å². The number of carbonyl (C=O) groups is 1. The molecule has 0 aliphatic heterocycles. The molecule has 0 saturated carbocycles. The molecule has 0 saturated heterocycles. The number of benzene rings is 1. The molecule has 0 fully saturated rings. The van der Waals surface area contributed by atoms with Crippen LogP contribution in [0, 0.1) is 6.92 Å². The predicted octanol–water partition coefficient (Wildman–Crippen LogP) is 3.64. The summed E-state index contributed by atoms with van der Waals surface area (Å²) in [6.07, 6.45) is 3.70. The Labute approximate surface area is 136 Å². The van der Waals surface area contributed by atoms with E-state index in [2.05, 4.69) is 15.2 Å². The predicted molar refractivity (Wildman–Crippen MR) is 85.3 cm³/mol. The summed E-state index contributed by atoms with van der Waals surface area (Å²) in [5.74, 6) is -0.589. The maximum Gasteiger partial charge on any atom is 0.226 e. The highest BCUT2D eigenvalue weighted by molar-refractivity contribution is 7.99. The lowest BCUT2D eigenvalue weighted by Crippen LogP contribution is -1.98. The Morgan fingerprint density at radius 3 is 2.83 bits per heavy atom. The van der Waals surface area contributed by atoms with E-state index in [1.165, 1.54) is 29.9 Å². The van der Waals surface area contributed by atoms with Crippen molar-refractivity contribution in [2.75, 3.05) is 0 Å². The number of hydrogen-bond acceptors (Lipinski definition) is 6. The molecule has 6 nitrogen and oxygen atoms in total. The molecule has 0 radical (unpaired) electrons. The molecule has 1 aromatic carbocycles. The normalized spacial score (nSPS) is 11.6. The largest absolute Gasteiger partial charge is 0.507 e. The summed E-state index contributed by atoms with van der Waals surface area (Å²) in [5, 5.41) is 16.7. The quantitative estimate of drug-likeness (QED) is 0.422. The molecule has 23 heavy (non-hydrogen) atoms. The van der Waals surface area contributed by atoms with E-state index in [0.29, 0.717) is 10.7 Å². The van der Waals surface area contributed by atoms with Gasteiger partial charge in [0, 0.05) is 17.0 Å². The molecule has 2 aromatic heterocycles. The van der Waals surface area contributed by atoms with Crippen LogP contribution in [0.15, 0.2) is 63.4 Å². The summed E-state index contributed by atoms with van der Waals surface area (Å²) >= 11 is 1.43. The second kappa shape index (κ2) is 6.53. The van der Waals surface area contributed by atoms with Gasteiger partial charge < -0.3 is 9.52 Å². The van der Waals surface area contributed by atoms with E-state index in [1.807, 2.05) is 31.2 Å². The van der Waals surface area contributed by atoms with Gasteiger partial charge in [-0.25, -0.2) is 4.98 Å². The van der Waals surface area contributed by atoms with Gasteiger partial charge in [0.1, 0.15) is 18.3 Å². The Bertz CT molecular complexity index is 836. The van der Waals surface area contributed by atoms with Crippen LogP contribution in [0.25, 0.3) is 5.76 Å². The van der Waals surface area contributed by atoms with E-state index >= 15 is 0 Å². The standard InChI is InChI=1S/C16H13N3O3S/c1-10-2-4-12(5-3-10)23-15-6-11(8-22-15)13(20)7-14(21)16-17-9-18-19-16/h2-9,20H,1H3,(H,17,18,19). The van der Waals surface area contributed by atoms with Gasteiger partial charge in [0.25, 0.3) is 0 Å². The molecule has 0 spiro atoms. The van der Waals surface area contributed by atoms with E-state index < -0.39 is 5.78 Å². The van der Waals surface area contributed by atoms with E-state index in [0.717, 1.165) is 11.0 Å². The van der Waals surface area contributed by atoms with Gasteiger partial charge in [-0.05, 0) is 19.1 Å². The van der Waals surface area contributed by atoms with Crippen LogP contribution in [0.4, 0.5) is 0 Å². The van der Waals surface area contributed by atoms with E-state index in [9.17, 15) is 9.90 Å². The Balaban J connectivity index is 1.73. The van der Waals surface area contributed by atoms with Crippen LogP contribution in [0.3, 0.4) is 0 Å². The van der Waals surface area contributed by atoms with Crippen molar-refractivity contribution in [2.45, 2.75) is 16.9 Å². The molecule has 0 bridgehead atoms. The van der Waals surface area contributed by atoms with E-state index in [1.54, 1.807) is 6.07 Å². The minimum Gasteiger partial charge on any atom is -0.507 e. The first-order chi connectivity index (χ1) is 11.1. The molecule has 0 atom stereocenters. The van der Waals surface area contributed by atoms with Gasteiger partial charge in [0.2, 0.25) is 5.78 Å². The summed E-state index contributed by atoms with van der Waals surface area (Å²) in [7, 11) is 0. The molecule has 2 heterocycles. The van der Waals surface area contributed by atoms with Crippen molar-refractivity contribution in [3.8, 4) is 0 Å². The Morgan fingerprint density at radius 1 is 1.35 bits per heavy atom. The summed E-state index contributed by atoms with van der Waals surface area (Å²) in [5.41, 5.74) is 1.61. The number of furan rings is 1. The second-order valence-corrected chi connectivity index (χ2v) is 5.88. The molecular weight excluding hydrogens is 314 g/mol. The summed E-state index contributed by atoms with van der Waals surface area (Å²) in [4.78, 5) is 16.6. The van der Waals surface area contributed by atoms with Gasteiger partial charge in [-0.3, -0.25) is 9.89 Å². The molecule has 0 unspecified atom stereocenters. The first kappa shape index (κ1) is 15.1. The zero-order chi connectivity index (χ0) is 16.2. The fourth-order valence-corrected chi connectivity index (χ4v) is 2.61. The van der Waals surface area contributed by atoms with Crippen LogP contribution in [0.2, 0.25) is 0 Å². The fraction of sp³-hybridized carbons (Fsp3) is 0.0625. The Morgan fingerprint density at radius 2 is 2.13 bits per heavy atom. The lowest BCUT2D eigenvalue weighted by Gasteiger charge is -1.98. The zero-order valence-corrected chi connectivity index (χ0v) is 13.0. The lowest BCUT2D eigenvalue weighted by atomic mass is 10.2.